The highest BCUT2D eigenvalue weighted by molar-refractivity contribution is 6.74. The minimum absolute atomic E-state index is 0.0836. The first kappa shape index (κ1) is 17.2. The van der Waals surface area contributed by atoms with Gasteiger partial charge in [-0.1, -0.05) is 26.8 Å². The highest BCUT2D eigenvalue weighted by Gasteiger charge is 2.39. The topological polar surface area (TPSA) is 49.7 Å². The van der Waals surface area contributed by atoms with Gasteiger partial charge in [0.1, 0.15) is 5.75 Å². The lowest BCUT2D eigenvalue weighted by atomic mass is 9.93. The molecule has 0 aliphatic carbocycles. The van der Waals surface area contributed by atoms with Gasteiger partial charge < -0.3 is 14.6 Å². The van der Waals surface area contributed by atoms with Gasteiger partial charge in [-0.05, 0) is 55.2 Å². The molecule has 1 rings (SSSR count). The zero-order valence-corrected chi connectivity index (χ0v) is 14.7. The van der Waals surface area contributed by atoms with Crippen molar-refractivity contribution in [2.45, 2.75) is 65.0 Å². The van der Waals surface area contributed by atoms with Crippen molar-refractivity contribution in [1.82, 2.24) is 0 Å². The van der Waals surface area contributed by atoms with E-state index < -0.39 is 13.9 Å². The van der Waals surface area contributed by atoms with Crippen LogP contribution >= 0.6 is 0 Å². The summed E-state index contributed by atoms with van der Waals surface area (Å²) in [6.45, 7) is 14.3. The SMILES string of the molecule is CC(C)(O)c1cc(O[Si](C)(C)C(C)(C)C)ccc1CO. The summed E-state index contributed by atoms with van der Waals surface area (Å²) in [6.07, 6.45) is 0. The molecule has 0 unspecified atom stereocenters. The molecule has 1 aromatic carbocycles. The van der Waals surface area contributed by atoms with Crippen LogP contribution in [0, 0.1) is 0 Å². The molecule has 0 amide bonds. The molecular formula is C16H28O3Si. The molecule has 0 bridgehead atoms. The van der Waals surface area contributed by atoms with E-state index in [1.165, 1.54) is 0 Å². The minimum Gasteiger partial charge on any atom is -0.543 e. The largest absolute Gasteiger partial charge is 0.543 e. The number of hydrogen-bond donors (Lipinski definition) is 2. The number of benzene rings is 1. The van der Waals surface area contributed by atoms with Crippen molar-refractivity contribution < 1.29 is 14.6 Å². The summed E-state index contributed by atoms with van der Waals surface area (Å²) >= 11 is 0. The highest BCUT2D eigenvalue weighted by atomic mass is 28.4. The monoisotopic (exact) mass is 296 g/mol. The van der Waals surface area contributed by atoms with E-state index in [1.54, 1.807) is 13.8 Å². The number of rotatable bonds is 4. The molecule has 3 nitrogen and oxygen atoms in total. The van der Waals surface area contributed by atoms with Crippen molar-refractivity contribution in [3.63, 3.8) is 0 Å². The van der Waals surface area contributed by atoms with Crippen LogP contribution in [-0.4, -0.2) is 18.5 Å². The van der Waals surface area contributed by atoms with E-state index in [1.807, 2.05) is 18.2 Å². The lowest BCUT2D eigenvalue weighted by Crippen LogP contribution is -2.43. The first-order chi connectivity index (χ1) is 8.88. The third-order valence-electron chi connectivity index (χ3n) is 4.09. The van der Waals surface area contributed by atoms with Gasteiger partial charge in [0.15, 0.2) is 0 Å². The Kier molecular flexibility index (Phi) is 4.74. The van der Waals surface area contributed by atoms with Crippen molar-refractivity contribution in [1.29, 1.82) is 0 Å². The van der Waals surface area contributed by atoms with Crippen LogP contribution in [0.3, 0.4) is 0 Å². The van der Waals surface area contributed by atoms with Gasteiger partial charge in [-0.25, -0.2) is 0 Å². The molecule has 0 aliphatic rings. The second-order valence-electron chi connectivity index (χ2n) is 7.40. The predicted octanol–water partition coefficient (Wildman–Crippen LogP) is 3.79. The molecule has 2 N–H and O–H groups in total. The molecule has 0 spiro atoms. The second-order valence-corrected chi connectivity index (χ2v) is 12.1. The van der Waals surface area contributed by atoms with Crippen molar-refractivity contribution in [2.75, 3.05) is 0 Å². The maximum atomic E-state index is 10.2. The van der Waals surface area contributed by atoms with Crippen molar-refractivity contribution in [3.05, 3.63) is 29.3 Å². The van der Waals surface area contributed by atoms with E-state index in [2.05, 4.69) is 33.9 Å². The Morgan fingerprint density at radius 2 is 1.65 bits per heavy atom. The Hall–Kier alpha value is -0.843. The lowest BCUT2D eigenvalue weighted by Gasteiger charge is -2.37. The van der Waals surface area contributed by atoms with Crippen LogP contribution in [0.1, 0.15) is 45.7 Å². The van der Waals surface area contributed by atoms with E-state index in [4.69, 9.17) is 4.43 Å². The van der Waals surface area contributed by atoms with Crippen molar-refractivity contribution >= 4 is 8.32 Å². The van der Waals surface area contributed by atoms with Gasteiger partial charge in [0, 0.05) is 0 Å². The van der Waals surface area contributed by atoms with Gasteiger partial charge in [-0.2, -0.15) is 0 Å². The summed E-state index contributed by atoms with van der Waals surface area (Å²) in [5.41, 5.74) is 0.460. The first-order valence-electron chi connectivity index (χ1n) is 7.04. The normalized spacial score (nSPS) is 13.4. The zero-order chi connectivity index (χ0) is 15.8. The summed E-state index contributed by atoms with van der Waals surface area (Å²) in [6, 6.07) is 5.56. The molecule has 0 saturated heterocycles. The maximum absolute atomic E-state index is 10.2. The number of aliphatic hydroxyl groups excluding tert-OH is 1. The Bertz CT molecular complexity index is 468. The maximum Gasteiger partial charge on any atom is 0.250 e. The molecular weight excluding hydrogens is 268 g/mol. The van der Waals surface area contributed by atoms with Crippen LogP contribution in [0.4, 0.5) is 0 Å². The molecule has 0 aliphatic heterocycles. The summed E-state index contributed by atoms with van der Waals surface area (Å²) in [7, 11) is -1.90. The fourth-order valence-electron chi connectivity index (χ4n) is 1.77. The quantitative estimate of drug-likeness (QED) is 0.831. The van der Waals surface area contributed by atoms with Crippen molar-refractivity contribution in [3.8, 4) is 5.75 Å². The van der Waals surface area contributed by atoms with Gasteiger partial charge in [-0.3, -0.25) is 0 Å². The molecule has 0 aromatic heterocycles. The van der Waals surface area contributed by atoms with E-state index in [9.17, 15) is 10.2 Å². The van der Waals surface area contributed by atoms with Crippen LogP contribution in [0.15, 0.2) is 18.2 Å². The van der Waals surface area contributed by atoms with Gasteiger partial charge in [0.25, 0.3) is 0 Å². The van der Waals surface area contributed by atoms with E-state index >= 15 is 0 Å². The average molecular weight is 296 g/mol. The second kappa shape index (κ2) is 5.51. The molecule has 1 aromatic rings. The summed E-state index contributed by atoms with van der Waals surface area (Å²) in [5, 5.41) is 19.7. The lowest BCUT2D eigenvalue weighted by molar-refractivity contribution is 0.0757. The van der Waals surface area contributed by atoms with Gasteiger partial charge >= 0.3 is 0 Å². The highest BCUT2D eigenvalue weighted by Crippen LogP contribution is 2.38. The molecule has 0 saturated carbocycles. The fourth-order valence-corrected chi connectivity index (χ4v) is 2.80. The third-order valence-corrected chi connectivity index (χ3v) is 8.45. The standard InChI is InChI=1S/C16H28O3Si/c1-15(2,3)20(6,7)19-13-9-8-12(11-17)14(10-13)16(4,5)18/h8-10,17-18H,11H2,1-7H3. The first-order valence-corrected chi connectivity index (χ1v) is 9.95. The molecule has 0 heterocycles. The van der Waals surface area contributed by atoms with Crippen LogP contribution in [0.5, 0.6) is 5.75 Å². The fraction of sp³-hybridized carbons (Fsp3) is 0.625. The molecule has 114 valence electrons. The molecule has 4 heteroatoms. The average Bonchev–Trinajstić information content (AvgIpc) is 2.25. The predicted molar refractivity (Wildman–Crippen MR) is 85.4 cm³/mol. The van der Waals surface area contributed by atoms with Crippen LogP contribution in [-0.2, 0) is 12.2 Å². The Morgan fingerprint density at radius 1 is 1.10 bits per heavy atom. The van der Waals surface area contributed by atoms with Gasteiger partial charge in [0.05, 0.1) is 12.2 Å². The molecule has 0 fully saturated rings. The van der Waals surface area contributed by atoms with Crippen molar-refractivity contribution in [2.24, 2.45) is 0 Å². The van der Waals surface area contributed by atoms with Gasteiger partial charge in [0.2, 0.25) is 8.32 Å². The number of aliphatic hydroxyl groups is 2. The van der Waals surface area contributed by atoms with Gasteiger partial charge in [-0.15, -0.1) is 0 Å². The number of hydrogen-bond acceptors (Lipinski definition) is 3. The third kappa shape index (κ3) is 3.84. The van der Waals surface area contributed by atoms with Crippen LogP contribution < -0.4 is 4.43 Å². The Balaban J connectivity index is 3.17. The summed E-state index contributed by atoms with van der Waals surface area (Å²) in [5.74, 6) is 0.769. The Labute approximate surface area is 123 Å². The molecule has 0 atom stereocenters. The van der Waals surface area contributed by atoms with E-state index in [0.29, 0.717) is 0 Å². The Morgan fingerprint density at radius 3 is 2.05 bits per heavy atom. The van der Waals surface area contributed by atoms with Crippen LogP contribution in [0.2, 0.25) is 18.1 Å². The molecule has 20 heavy (non-hydrogen) atoms. The van der Waals surface area contributed by atoms with Crippen LogP contribution in [0.25, 0.3) is 0 Å². The smallest absolute Gasteiger partial charge is 0.250 e. The van der Waals surface area contributed by atoms with E-state index in [-0.39, 0.29) is 11.6 Å². The summed E-state index contributed by atoms with van der Waals surface area (Å²) < 4.78 is 6.25. The van der Waals surface area contributed by atoms with E-state index in [0.717, 1.165) is 16.9 Å². The molecule has 0 radical (unpaired) electrons. The zero-order valence-electron chi connectivity index (χ0n) is 13.7. The summed E-state index contributed by atoms with van der Waals surface area (Å²) in [4.78, 5) is 0. The minimum atomic E-state index is -1.90.